The number of nitrogen functional groups attached to an aromatic ring is 1. The van der Waals surface area contributed by atoms with Crippen LogP contribution in [0.3, 0.4) is 0 Å². The van der Waals surface area contributed by atoms with Crippen LogP contribution < -0.4 is 5.73 Å². The smallest absolute Gasteiger partial charge is 0.262 e. The van der Waals surface area contributed by atoms with Crippen molar-refractivity contribution in [2.24, 2.45) is 13.0 Å². The molecule has 1 aromatic rings. The third-order valence-corrected chi connectivity index (χ3v) is 4.88. The number of hydrogen-bond acceptors (Lipinski definition) is 4. The quantitative estimate of drug-likeness (QED) is 0.796. The Labute approximate surface area is 95.1 Å². The fraction of sp³-hybridized carbons (Fsp3) is 0.667. The molecule has 1 unspecified atom stereocenters. The molecule has 1 atom stereocenters. The molecule has 0 bridgehead atoms. The molecule has 0 spiro atoms. The number of nitrogens with two attached hydrogens (primary N) is 1. The first-order valence-corrected chi connectivity index (χ1v) is 6.64. The third-order valence-electron chi connectivity index (χ3n) is 2.88. The number of nitrogens with zero attached hydrogens (tertiary/aromatic N) is 3. The average molecular weight is 244 g/mol. The molecule has 1 fully saturated rings. The van der Waals surface area contributed by atoms with Crippen molar-refractivity contribution in [3.05, 3.63) is 6.33 Å². The zero-order valence-corrected chi connectivity index (χ0v) is 10.2. The van der Waals surface area contributed by atoms with Gasteiger partial charge in [-0.1, -0.05) is 6.92 Å². The Morgan fingerprint density at radius 3 is 2.69 bits per heavy atom. The van der Waals surface area contributed by atoms with Gasteiger partial charge in [-0.15, -0.1) is 0 Å². The normalized spacial score (nSPS) is 22.8. The Morgan fingerprint density at radius 1 is 1.56 bits per heavy atom. The molecule has 90 valence electrons. The Hall–Kier alpha value is -1.08. The highest BCUT2D eigenvalue weighted by Gasteiger charge is 2.34. The highest BCUT2D eigenvalue weighted by atomic mass is 32.2. The first-order valence-electron chi connectivity index (χ1n) is 5.20. The Balaban J connectivity index is 2.40. The number of sulfonamides is 1. The van der Waals surface area contributed by atoms with Crippen molar-refractivity contribution in [3.63, 3.8) is 0 Å². The van der Waals surface area contributed by atoms with E-state index in [0.29, 0.717) is 19.0 Å². The van der Waals surface area contributed by atoms with E-state index in [1.54, 1.807) is 7.05 Å². The second-order valence-electron chi connectivity index (χ2n) is 4.30. The SMILES string of the molecule is CC1CCN(S(=O)(=O)c2c(N)ncn2C)C1. The van der Waals surface area contributed by atoms with E-state index < -0.39 is 10.0 Å². The summed E-state index contributed by atoms with van der Waals surface area (Å²) in [4.78, 5) is 3.81. The van der Waals surface area contributed by atoms with Crippen LogP contribution in [-0.2, 0) is 17.1 Å². The molecule has 1 aliphatic rings. The van der Waals surface area contributed by atoms with Gasteiger partial charge in [-0.25, -0.2) is 13.4 Å². The van der Waals surface area contributed by atoms with Crippen LogP contribution in [0.4, 0.5) is 5.82 Å². The second-order valence-corrected chi connectivity index (χ2v) is 6.16. The first-order chi connectivity index (χ1) is 7.43. The summed E-state index contributed by atoms with van der Waals surface area (Å²) in [6.45, 7) is 3.17. The fourth-order valence-electron chi connectivity index (χ4n) is 1.99. The van der Waals surface area contributed by atoms with Gasteiger partial charge < -0.3 is 10.3 Å². The lowest BCUT2D eigenvalue weighted by Crippen LogP contribution is -2.30. The van der Waals surface area contributed by atoms with Gasteiger partial charge in [0.25, 0.3) is 10.0 Å². The minimum Gasteiger partial charge on any atom is -0.381 e. The highest BCUT2D eigenvalue weighted by Crippen LogP contribution is 2.26. The summed E-state index contributed by atoms with van der Waals surface area (Å²) < 4.78 is 27.5. The van der Waals surface area contributed by atoms with Crippen LogP contribution in [0, 0.1) is 5.92 Å². The van der Waals surface area contributed by atoms with Crippen molar-refractivity contribution >= 4 is 15.8 Å². The maximum Gasteiger partial charge on any atom is 0.262 e. The van der Waals surface area contributed by atoms with E-state index in [0.717, 1.165) is 6.42 Å². The zero-order valence-electron chi connectivity index (χ0n) is 9.42. The van der Waals surface area contributed by atoms with Gasteiger partial charge in [0, 0.05) is 20.1 Å². The van der Waals surface area contributed by atoms with Crippen LogP contribution >= 0.6 is 0 Å². The molecule has 2 heterocycles. The topological polar surface area (TPSA) is 81.2 Å². The molecule has 16 heavy (non-hydrogen) atoms. The summed E-state index contributed by atoms with van der Waals surface area (Å²) in [5, 5.41) is 0.0987. The summed E-state index contributed by atoms with van der Waals surface area (Å²) in [7, 11) is -1.85. The molecule has 2 N–H and O–H groups in total. The lowest BCUT2D eigenvalue weighted by molar-refractivity contribution is 0.459. The molecule has 0 aromatic carbocycles. The molecule has 0 saturated carbocycles. The van der Waals surface area contributed by atoms with Crippen molar-refractivity contribution < 1.29 is 8.42 Å². The van der Waals surface area contributed by atoms with E-state index in [4.69, 9.17) is 5.73 Å². The third kappa shape index (κ3) is 1.69. The maximum absolute atomic E-state index is 12.3. The van der Waals surface area contributed by atoms with E-state index in [1.165, 1.54) is 15.2 Å². The Bertz CT molecular complexity index is 474. The molecular weight excluding hydrogens is 228 g/mol. The molecule has 1 saturated heterocycles. The largest absolute Gasteiger partial charge is 0.381 e. The first kappa shape index (κ1) is 11.4. The van der Waals surface area contributed by atoms with Gasteiger partial charge in [-0.3, -0.25) is 0 Å². The number of imidazole rings is 1. The van der Waals surface area contributed by atoms with Crippen LogP contribution in [0.1, 0.15) is 13.3 Å². The summed E-state index contributed by atoms with van der Waals surface area (Å²) in [6, 6.07) is 0. The molecule has 6 nitrogen and oxygen atoms in total. The summed E-state index contributed by atoms with van der Waals surface area (Å²) in [5.41, 5.74) is 5.59. The summed E-state index contributed by atoms with van der Waals surface area (Å²) in [5.74, 6) is 0.478. The van der Waals surface area contributed by atoms with Crippen molar-refractivity contribution in [3.8, 4) is 0 Å². The molecule has 0 radical (unpaired) electrons. The second kappa shape index (κ2) is 3.74. The van der Waals surface area contributed by atoms with E-state index in [9.17, 15) is 8.42 Å². The standard InChI is InChI=1S/C9H16N4O2S/c1-7-3-4-13(5-7)16(14,15)9-8(10)11-6-12(9)2/h6-7H,3-5,10H2,1-2H3. The van der Waals surface area contributed by atoms with Crippen molar-refractivity contribution in [2.75, 3.05) is 18.8 Å². The van der Waals surface area contributed by atoms with Gasteiger partial charge in [0.1, 0.15) is 0 Å². The van der Waals surface area contributed by atoms with Gasteiger partial charge >= 0.3 is 0 Å². The van der Waals surface area contributed by atoms with Crippen molar-refractivity contribution in [2.45, 2.75) is 18.4 Å². The summed E-state index contributed by atoms with van der Waals surface area (Å²) >= 11 is 0. The highest BCUT2D eigenvalue weighted by molar-refractivity contribution is 7.89. The number of hydrogen-bond donors (Lipinski definition) is 1. The predicted molar refractivity (Wildman–Crippen MR) is 60.2 cm³/mol. The number of aromatic nitrogens is 2. The van der Waals surface area contributed by atoms with Crippen molar-refractivity contribution in [1.82, 2.24) is 13.9 Å². The summed E-state index contributed by atoms with van der Waals surface area (Å²) in [6.07, 6.45) is 2.32. The van der Waals surface area contributed by atoms with Crippen LogP contribution in [-0.4, -0.2) is 35.4 Å². The zero-order chi connectivity index (χ0) is 11.9. The monoisotopic (exact) mass is 244 g/mol. The number of anilines is 1. The van der Waals surface area contributed by atoms with E-state index in [1.807, 2.05) is 6.92 Å². The fourth-order valence-corrected chi connectivity index (χ4v) is 3.76. The van der Waals surface area contributed by atoms with Crippen LogP contribution in [0.15, 0.2) is 11.4 Å². The van der Waals surface area contributed by atoms with Gasteiger partial charge in [0.15, 0.2) is 10.8 Å². The molecule has 7 heteroatoms. The molecule has 1 aromatic heterocycles. The molecule has 2 rings (SSSR count). The Morgan fingerprint density at radius 2 is 2.25 bits per heavy atom. The van der Waals surface area contributed by atoms with Crippen LogP contribution in [0.5, 0.6) is 0 Å². The van der Waals surface area contributed by atoms with Gasteiger partial charge in [0.2, 0.25) is 0 Å². The van der Waals surface area contributed by atoms with Crippen LogP contribution in [0.25, 0.3) is 0 Å². The van der Waals surface area contributed by atoms with Gasteiger partial charge in [0.05, 0.1) is 6.33 Å². The maximum atomic E-state index is 12.3. The van der Waals surface area contributed by atoms with Gasteiger partial charge in [-0.05, 0) is 12.3 Å². The van der Waals surface area contributed by atoms with Crippen molar-refractivity contribution in [1.29, 1.82) is 0 Å². The average Bonchev–Trinajstić information content (AvgIpc) is 2.74. The molecular formula is C9H16N4O2S. The predicted octanol–water partition coefficient (Wildman–Crippen LogP) is 0.0328. The van der Waals surface area contributed by atoms with E-state index >= 15 is 0 Å². The van der Waals surface area contributed by atoms with E-state index in [-0.39, 0.29) is 10.8 Å². The minimum absolute atomic E-state index is 0.0713. The number of aryl methyl sites for hydroxylation is 1. The van der Waals surface area contributed by atoms with Crippen LogP contribution in [0.2, 0.25) is 0 Å². The molecule has 0 aliphatic carbocycles. The molecule has 1 aliphatic heterocycles. The molecule has 0 amide bonds. The Kier molecular flexibility index (Phi) is 2.67. The van der Waals surface area contributed by atoms with Gasteiger partial charge in [-0.2, -0.15) is 4.31 Å². The lowest BCUT2D eigenvalue weighted by atomic mass is 10.2. The van der Waals surface area contributed by atoms with E-state index in [2.05, 4.69) is 4.98 Å². The lowest BCUT2D eigenvalue weighted by Gasteiger charge is -2.16. The number of rotatable bonds is 2. The minimum atomic E-state index is -3.48.